The van der Waals surface area contributed by atoms with Crippen LogP contribution in [0, 0.1) is 0 Å². The molecule has 0 aliphatic heterocycles. The maximum atomic E-state index is 11.6. The summed E-state index contributed by atoms with van der Waals surface area (Å²) in [6, 6.07) is 5.80. The lowest BCUT2D eigenvalue weighted by atomic mass is 10.1. The minimum absolute atomic E-state index is 0.0190. The van der Waals surface area contributed by atoms with E-state index in [0.717, 1.165) is 0 Å². The Morgan fingerprint density at radius 1 is 1.05 bits per heavy atom. The van der Waals surface area contributed by atoms with Gasteiger partial charge in [0.2, 0.25) is 0 Å². The summed E-state index contributed by atoms with van der Waals surface area (Å²) in [5.41, 5.74) is 11.0. The fourth-order valence-electron chi connectivity index (χ4n) is 1.40. The summed E-state index contributed by atoms with van der Waals surface area (Å²) in [5.74, 6) is -2.88. The largest absolute Gasteiger partial charge is 0.480 e. The molecule has 0 aliphatic carbocycles. The smallest absolute Gasteiger partial charge is 0.345 e. The Morgan fingerprint density at radius 3 is 2.15 bits per heavy atom. The Bertz CT molecular complexity index is 489. The van der Waals surface area contributed by atoms with Crippen LogP contribution in [0.3, 0.4) is 0 Å². The maximum Gasteiger partial charge on any atom is 0.345 e. The Kier molecular flexibility index (Phi) is 5.82. The molecule has 0 amide bonds. The van der Waals surface area contributed by atoms with Gasteiger partial charge < -0.3 is 21.3 Å². The number of carboxylic acids is 1. The van der Waals surface area contributed by atoms with E-state index in [1.165, 1.54) is 12.1 Å². The van der Waals surface area contributed by atoms with Crippen LogP contribution < -0.4 is 11.5 Å². The van der Waals surface area contributed by atoms with Gasteiger partial charge in [-0.15, -0.1) is 0 Å². The van der Waals surface area contributed by atoms with Crippen molar-refractivity contribution in [1.29, 1.82) is 0 Å². The molecule has 0 heterocycles. The quantitative estimate of drug-likeness (QED) is 0.489. The van der Waals surface area contributed by atoms with E-state index < -0.39 is 30.0 Å². The second-order valence-electron chi connectivity index (χ2n) is 4.20. The lowest BCUT2D eigenvalue weighted by molar-refractivity contribution is -0.141. The molecule has 20 heavy (non-hydrogen) atoms. The summed E-state index contributed by atoms with van der Waals surface area (Å²) in [7, 11) is 0. The van der Waals surface area contributed by atoms with Crippen molar-refractivity contribution in [3.8, 4) is 0 Å². The second-order valence-corrected chi connectivity index (χ2v) is 4.20. The van der Waals surface area contributed by atoms with E-state index in [1.54, 1.807) is 18.2 Å². The van der Waals surface area contributed by atoms with E-state index in [4.69, 9.17) is 16.6 Å². The van der Waals surface area contributed by atoms with Crippen molar-refractivity contribution in [3.05, 3.63) is 35.9 Å². The van der Waals surface area contributed by atoms with Crippen molar-refractivity contribution in [3.63, 3.8) is 0 Å². The van der Waals surface area contributed by atoms with Gasteiger partial charge in [0.05, 0.1) is 5.56 Å². The SMILES string of the molecule is NC(CC[C@@H](N)C(=O)O)C(=O)OC(=O)c1ccccc1. The summed E-state index contributed by atoms with van der Waals surface area (Å²) in [5, 5.41) is 8.59. The first-order valence-electron chi connectivity index (χ1n) is 5.97. The van der Waals surface area contributed by atoms with Gasteiger partial charge in [-0.05, 0) is 25.0 Å². The number of benzene rings is 1. The normalized spacial score (nSPS) is 13.3. The van der Waals surface area contributed by atoms with Gasteiger partial charge in [0.15, 0.2) is 0 Å². The molecule has 1 unspecified atom stereocenters. The molecular weight excluding hydrogens is 264 g/mol. The molecule has 1 rings (SSSR count). The first kappa shape index (κ1) is 15.8. The lowest BCUT2D eigenvalue weighted by Crippen LogP contribution is -2.37. The lowest BCUT2D eigenvalue weighted by Gasteiger charge is -2.11. The molecule has 0 saturated heterocycles. The van der Waals surface area contributed by atoms with E-state index >= 15 is 0 Å². The van der Waals surface area contributed by atoms with Crippen LogP contribution in [0.1, 0.15) is 23.2 Å². The molecule has 0 bridgehead atoms. The zero-order chi connectivity index (χ0) is 15.1. The average molecular weight is 280 g/mol. The molecule has 0 saturated carbocycles. The molecule has 0 aliphatic rings. The van der Waals surface area contributed by atoms with Crippen molar-refractivity contribution in [2.75, 3.05) is 0 Å². The molecule has 0 aromatic heterocycles. The summed E-state index contributed by atoms with van der Waals surface area (Å²) in [6.07, 6.45) is 0.0412. The van der Waals surface area contributed by atoms with Crippen molar-refractivity contribution >= 4 is 17.9 Å². The molecule has 0 spiro atoms. The highest BCUT2D eigenvalue weighted by atomic mass is 16.6. The number of carbonyl (C=O) groups excluding carboxylic acids is 2. The van der Waals surface area contributed by atoms with E-state index in [2.05, 4.69) is 4.74 Å². The van der Waals surface area contributed by atoms with E-state index in [-0.39, 0.29) is 18.4 Å². The first-order valence-corrected chi connectivity index (χ1v) is 5.97. The third-order valence-corrected chi connectivity index (χ3v) is 2.61. The topological polar surface area (TPSA) is 133 Å². The van der Waals surface area contributed by atoms with Crippen LogP contribution in [0.2, 0.25) is 0 Å². The molecule has 1 aromatic carbocycles. The number of ether oxygens (including phenoxy) is 1. The van der Waals surface area contributed by atoms with Gasteiger partial charge in [-0.3, -0.25) is 4.79 Å². The van der Waals surface area contributed by atoms with E-state index in [9.17, 15) is 14.4 Å². The molecule has 1 aromatic rings. The Morgan fingerprint density at radius 2 is 1.60 bits per heavy atom. The molecule has 7 heteroatoms. The fraction of sp³-hybridized carbons (Fsp3) is 0.308. The molecule has 5 N–H and O–H groups in total. The highest BCUT2D eigenvalue weighted by molar-refractivity contribution is 5.98. The van der Waals surface area contributed by atoms with Gasteiger partial charge in [0.25, 0.3) is 0 Å². The van der Waals surface area contributed by atoms with Crippen LogP contribution in [0.5, 0.6) is 0 Å². The Labute approximate surface area is 115 Å². The van der Waals surface area contributed by atoms with Crippen molar-refractivity contribution < 1.29 is 24.2 Å². The number of aliphatic carboxylic acids is 1. The number of hydrogen-bond acceptors (Lipinski definition) is 6. The van der Waals surface area contributed by atoms with Crippen molar-refractivity contribution in [2.45, 2.75) is 24.9 Å². The number of carboxylic acid groups (broad SMARTS) is 1. The predicted octanol–water partition coefficient (Wildman–Crippen LogP) is -0.111. The molecule has 2 atom stereocenters. The number of rotatable bonds is 6. The molecule has 108 valence electrons. The standard InChI is InChI=1S/C13H16N2O5/c14-9(11(16)17)6-7-10(15)13(19)20-12(18)8-4-2-1-3-5-8/h1-5,9-10H,6-7,14-15H2,(H,16,17)/t9-,10?/m1/s1. The van der Waals surface area contributed by atoms with Crippen LogP contribution in [0.15, 0.2) is 30.3 Å². The van der Waals surface area contributed by atoms with Crippen LogP contribution in [0.4, 0.5) is 0 Å². The number of carbonyl (C=O) groups is 3. The first-order chi connectivity index (χ1) is 9.41. The fourth-order valence-corrected chi connectivity index (χ4v) is 1.40. The minimum atomic E-state index is -1.18. The second kappa shape index (κ2) is 7.37. The summed E-state index contributed by atoms with van der Waals surface area (Å²) < 4.78 is 4.60. The highest BCUT2D eigenvalue weighted by Crippen LogP contribution is 2.05. The summed E-state index contributed by atoms with van der Waals surface area (Å²) in [6.45, 7) is 0. The average Bonchev–Trinajstić information content (AvgIpc) is 2.44. The Hall–Kier alpha value is -2.25. The Balaban J connectivity index is 2.46. The maximum absolute atomic E-state index is 11.6. The summed E-state index contributed by atoms with van der Waals surface area (Å²) in [4.78, 5) is 33.6. The number of hydrogen-bond donors (Lipinski definition) is 3. The summed E-state index contributed by atoms with van der Waals surface area (Å²) >= 11 is 0. The molecule has 0 radical (unpaired) electrons. The predicted molar refractivity (Wildman–Crippen MR) is 69.7 cm³/mol. The third kappa shape index (κ3) is 4.79. The van der Waals surface area contributed by atoms with Crippen molar-refractivity contribution in [2.24, 2.45) is 11.5 Å². The highest BCUT2D eigenvalue weighted by Gasteiger charge is 2.22. The van der Waals surface area contributed by atoms with E-state index in [1.807, 2.05) is 0 Å². The van der Waals surface area contributed by atoms with Gasteiger partial charge in [0, 0.05) is 0 Å². The zero-order valence-corrected chi connectivity index (χ0v) is 10.7. The monoisotopic (exact) mass is 280 g/mol. The minimum Gasteiger partial charge on any atom is -0.480 e. The van der Waals surface area contributed by atoms with Gasteiger partial charge in [-0.25, -0.2) is 9.59 Å². The number of nitrogens with two attached hydrogens (primary N) is 2. The van der Waals surface area contributed by atoms with Crippen LogP contribution in [0.25, 0.3) is 0 Å². The zero-order valence-electron chi connectivity index (χ0n) is 10.7. The molecule has 0 fully saturated rings. The van der Waals surface area contributed by atoms with Crippen LogP contribution >= 0.6 is 0 Å². The van der Waals surface area contributed by atoms with Gasteiger partial charge in [-0.1, -0.05) is 18.2 Å². The van der Waals surface area contributed by atoms with Crippen LogP contribution in [-0.4, -0.2) is 35.1 Å². The van der Waals surface area contributed by atoms with E-state index in [0.29, 0.717) is 0 Å². The molecular formula is C13H16N2O5. The van der Waals surface area contributed by atoms with Gasteiger partial charge in [0.1, 0.15) is 12.1 Å². The molecule has 7 nitrogen and oxygen atoms in total. The van der Waals surface area contributed by atoms with Gasteiger partial charge >= 0.3 is 17.9 Å². The van der Waals surface area contributed by atoms with Crippen LogP contribution in [-0.2, 0) is 14.3 Å². The van der Waals surface area contributed by atoms with Gasteiger partial charge in [-0.2, -0.15) is 0 Å². The third-order valence-electron chi connectivity index (χ3n) is 2.61. The van der Waals surface area contributed by atoms with Crippen molar-refractivity contribution in [1.82, 2.24) is 0 Å². The number of esters is 2.